The molecule has 0 aromatic heterocycles. The molecule has 0 spiro atoms. The first-order chi connectivity index (χ1) is 13.4. The summed E-state index contributed by atoms with van der Waals surface area (Å²) in [5.74, 6) is 0.842. The van der Waals surface area contributed by atoms with Gasteiger partial charge in [-0.1, -0.05) is 57.2 Å². The Bertz CT molecular complexity index is 1080. The van der Waals surface area contributed by atoms with Crippen LogP contribution in [0, 0.1) is 0 Å². The topological polar surface area (TPSA) is 63.1 Å². The van der Waals surface area contributed by atoms with Gasteiger partial charge in [-0.15, -0.1) is 0 Å². The number of phenolic OH excluding ortho intramolecular Hbond substituents is 1. The van der Waals surface area contributed by atoms with Crippen LogP contribution >= 0.6 is 0 Å². The molecule has 0 saturated heterocycles. The molecule has 1 aliphatic heterocycles. The summed E-state index contributed by atoms with van der Waals surface area (Å²) >= 11 is 0. The highest BCUT2D eigenvalue weighted by Gasteiger charge is 2.28. The van der Waals surface area contributed by atoms with E-state index in [1.165, 1.54) is 0 Å². The highest BCUT2D eigenvalue weighted by Crippen LogP contribution is 2.46. The second-order valence-corrected chi connectivity index (χ2v) is 7.91. The number of hydrogen-bond acceptors (Lipinski definition) is 5. The van der Waals surface area contributed by atoms with Gasteiger partial charge in [-0.3, -0.25) is 0 Å². The van der Waals surface area contributed by atoms with Gasteiger partial charge < -0.3 is 19.9 Å². The number of methoxy groups -OCH3 is 1. The Morgan fingerprint density at radius 2 is 1.86 bits per heavy atom. The normalized spacial score (nSPS) is 13.5. The van der Waals surface area contributed by atoms with Crippen molar-refractivity contribution in [1.82, 2.24) is 0 Å². The van der Waals surface area contributed by atoms with E-state index in [0.29, 0.717) is 17.5 Å². The molecular formula is C23H24N2O3. The Morgan fingerprint density at radius 1 is 1.11 bits per heavy atom. The van der Waals surface area contributed by atoms with Crippen LogP contribution in [0.5, 0.6) is 11.5 Å². The fourth-order valence-electron chi connectivity index (χ4n) is 3.48. The SMILES string of the molecule is COc1cc(C(C)(C)C)c(O)c2c1COC(Nc1cccc3ccccc13)=N2. The number of nitrogens with zero attached hydrogens (tertiary/aromatic N) is 1. The maximum absolute atomic E-state index is 10.9. The fourth-order valence-corrected chi connectivity index (χ4v) is 3.48. The minimum atomic E-state index is -0.247. The highest BCUT2D eigenvalue weighted by molar-refractivity contribution is 6.02. The summed E-state index contributed by atoms with van der Waals surface area (Å²) in [4.78, 5) is 4.58. The molecule has 1 aliphatic rings. The van der Waals surface area contributed by atoms with E-state index < -0.39 is 0 Å². The first-order valence-electron chi connectivity index (χ1n) is 9.28. The van der Waals surface area contributed by atoms with E-state index in [1.807, 2.05) is 57.2 Å². The predicted octanol–water partition coefficient (Wildman–Crippen LogP) is 5.48. The van der Waals surface area contributed by atoms with Gasteiger partial charge in [0.1, 0.15) is 23.8 Å². The van der Waals surface area contributed by atoms with Crippen LogP contribution in [0.2, 0.25) is 0 Å². The number of nitrogens with one attached hydrogen (secondary N) is 1. The third-order valence-corrected chi connectivity index (χ3v) is 4.96. The van der Waals surface area contributed by atoms with Gasteiger partial charge in [0.25, 0.3) is 6.02 Å². The Kier molecular flexibility index (Phi) is 4.38. The Morgan fingerprint density at radius 3 is 2.61 bits per heavy atom. The lowest BCUT2D eigenvalue weighted by molar-refractivity contribution is 0.275. The van der Waals surface area contributed by atoms with Crippen LogP contribution in [-0.4, -0.2) is 18.2 Å². The van der Waals surface area contributed by atoms with Crippen molar-refractivity contribution in [1.29, 1.82) is 0 Å². The summed E-state index contributed by atoms with van der Waals surface area (Å²) < 4.78 is 11.4. The molecule has 144 valence electrons. The Hall–Kier alpha value is -3.21. The summed E-state index contributed by atoms with van der Waals surface area (Å²) in [6, 6.07) is 16.4. The lowest BCUT2D eigenvalue weighted by Crippen LogP contribution is -2.20. The lowest BCUT2D eigenvalue weighted by atomic mass is 9.84. The number of rotatable bonds is 2. The summed E-state index contributed by atoms with van der Waals surface area (Å²) in [7, 11) is 1.62. The van der Waals surface area contributed by atoms with Crippen molar-refractivity contribution in [3.05, 3.63) is 59.7 Å². The highest BCUT2D eigenvalue weighted by atomic mass is 16.5. The van der Waals surface area contributed by atoms with Crippen LogP contribution in [0.4, 0.5) is 11.4 Å². The number of fused-ring (bicyclic) bond motifs is 2. The zero-order chi connectivity index (χ0) is 19.9. The van der Waals surface area contributed by atoms with E-state index in [9.17, 15) is 5.11 Å². The van der Waals surface area contributed by atoms with Crippen LogP contribution in [0.3, 0.4) is 0 Å². The molecule has 0 aliphatic carbocycles. The van der Waals surface area contributed by atoms with E-state index >= 15 is 0 Å². The molecule has 5 nitrogen and oxygen atoms in total. The number of phenols is 1. The third-order valence-electron chi connectivity index (χ3n) is 4.96. The summed E-state index contributed by atoms with van der Waals surface area (Å²) in [6.07, 6.45) is 0. The van der Waals surface area contributed by atoms with Crippen molar-refractivity contribution in [2.75, 3.05) is 12.4 Å². The van der Waals surface area contributed by atoms with Gasteiger partial charge in [-0.05, 0) is 22.9 Å². The molecule has 0 amide bonds. The van der Waals surface area contributed by atoms with Crippen LogP contribution in [0.15, 0.2) is 53.5 Å². The third kappa shape index (κ3) is 3.13. The van der Waals surface area contributed by atoms with Crippen molar-refractivity contribution >= 4 is 28.2 Å². The van der Waals surface area contributed by atoms with Crippen LogP contribution < -0.4 is 10.1 Å². The zero-order valence-electron chi connectivity index (χ0n) is 16.5. The summed E-state index contributed by atoms with van der Waals surface area (Å²) in [5.41, 5.74) is 2.69. The van der Waals surface area contributed by atoms with Crippen molar-refractivity contribution in [3.63, 3.8) is 0 Å². The van der Waals surface area contributed by atoms with E-state index in [1.54, 1.807) is 7.11 Å². The zero-order valence-corrected chi connectivity index (χ0v) is 16.5. The first kappa shape index (κ1) is 18.2. The van der Waals surface area contributed by atoms with Crippen molar-refractivity contribution in [3.8, 4) is 11.5 Å². The van der Waals surface area contributed by atoms with Crippen LogP contribution in [-0.2, 0) is 16.8 Å². The number of ether oxygens (including phenoxy) is 2. The van der Waals surface area contributed by atoms with Gasteiger partial charge in [0.2, 0.25) is 0 Å². The minimum Gasteiger partial charge on any atom is -0.505 e. The Labute approximate surface area is 164 Å². The molecule has 4 rings (SSSR count). The number of benzene rings is 3. The van der Waals surface area contributed by atoms with Crippen molar-refractivity contribution in [2.45, 2.75) is 32.8 Å². The molecule has 1 heterocycles. The molecule has 0 unspecified atom stereocenters. The molecule has 28 heavy (non-hydrogen) atoms. The summed E-state index contributed by atoms with van der Waals surface area (Å²) in [6.45, 7) is 6.41. The largest absolute Gasteiger partial charge is 0.505 e. The molecule has 3 aromatic carbocycles. The van der Waals surface area contributed by atoms with Crippen molar-refractivity contribution in [2.24, 2.45) is 4.99 Å². The van der Waals surface area contributed by atoms with Gasteiger partial charge in [-0.2, -0.15) is 4.99 Å². The van der Waals surface area contributed by atoms with E-state index in [4.69, 9.17) is 9.47 Å². The number of anilines is 1. The van der Waals surface area contributed by atoms with E-state index in [2.05, 4.69) is 22.4 Å². The van der Waals surface area contributed by atoms with Crippen LogP contribution in [0.1, 0.15) is 31.9 Å². The second-order valence-electron chi connectivity index (χ2n) is 7.91. The minimum absolute atomic E-state index is 0.170. The summed E-state index contributed by atoms with van der Waals surface area (Å²) in [5, 5.41) is 16.4. The molecule has 0 radical (unpaired) electrons. The molecular weight excluding hydrogens is 352 g/mol. The molecule has 5 heteroatoms. The molecule has 3 aromatic rings. The average Bonchev–Trinajstić information content (AvgIpc) is 2.68. The van der Waals surface area contributed by atoms with E-state index in [-0.39, 0.29) is 17.8 Å². The predicted molar refractivity (Wildman–Crippen MR) is 113 cm³/mol. The number of aromatic hydroxyl groups is 1. The molecule has 2 N–H and O–H groups in total. The maximum Gasteiger partial charge on any atom is 0.294 e. The van der Waals surface area contributed by atoms with Gasteiger partial charge in [0, 0.05) is 10.9 Å². The Balaban J connectivity index is 1.79. The van der Waals surface area contributed by atoms with Gasteiger partial charge in [0.15, 0.2) is 0 Å². The van der Waals surface area contributed by atoms with Gasteiger partial charge >= 0.3 is 0 Å². The number of aliphatic imine (C=N–C) groups is 1. The molecule has 0 saturated carbocycles. The molecule has 0 bridgehead atoms. The maximum atomic E-state index is 10.9. The first-order valence-corrected chi connectivity index (χ1v) is 9.28. The van der Waals surface area contributed by atoms with Gasteiger partial charge in [0.05, 0.1) is 18.4 Å². The quantitative estimate of drug-likeness (QED) is 0.621. The van der Waals surface area contributed by atoms with Crippen LogP contribution in [0.25, 0.3) is 10.8 Å². The smallest absolute Gasteiger partial charge is 0.294 e. The standard InChI is InChI=1S/C23H24N2O3/c1-23(2,3)17-12-19(27-4)16-13-28-22(25-20(16)21(17)26)24-18-11-7-9-14-8-5-6-10-15(14)18/h5-12,26H,13H2,1-4H3,(H,24,25). The monoisotopic (exact) mass is 376 g/mol. The van der Waals surface area contributed by atoms with Crippen molar-refractivity contribution < 1.29 is 14.6 Å². The van der Waals surface area contributed by atoms with E-state index in [0.717, 1.165) is 27.6 Å². The lowest BCUT2D eigenvalue weighted by Gasteiger charge is -2.26. The molecule has 0 atom stereocenters. The number of amidine groups is 1. The van der Waals surface area contributed by atoms with Gasteiger partial charge in [-0.25, -0.2) is 0 Å². The molecule has 0 fully saturated rings. The number of hydrogen-bond donors (Lipinski definition) is 2. The second kappa shape index (κ2) is 6.75. The fraction of sp³-hybridized carbons (Fsp3) is 0.261. The average molecular weight is 376 g/mol.